The summed E-state index contributed by atoms with van der Waals surface area (Å²) < 4.78 is 0. The molecule has 6 heteroatoms. The lowest BCUT2D eigenvalue weighted by Crippen LogP contribution is -2.04. The van der Waals surface area contributed by atoms with Crippen molar-refractivity contribution in [3.63, 3.8) is 0 Å². The number of Topliss-reactive ketones (excluding diaryl/α,β-unsaturated/α-hetero) is 1. The topological polar surface area (TPSA) is 73.1 Å². The second-order valence-electron chi connectivity index (χ2n) is 3.78. The van der Waals surface area contributed by atoms with Crippen molar-refractivity contribution in [3.05, 3.63) is 56.0 Å². The molecule has 2 aromatic rings. The van der Waals surface area contributed by atoms with Crippen molar-refractivity contribution in [1.29, 1.82) is 0 Å². The van der Waals surface area contributed by atoms with Crippen LogP contribution in [0.4, 0.5) is 5.69 Å². The van der Waals surface area contributed by atoms with Crippen LogP contribution >= 0.6 is 11.3 Å². The minimum absolute atomic E-state index is 0.0238. The summed E-state index contributed by atoms with van der Waals surface area (Å²) in [6.07, 6.45) is 0.209. The molecule has 0 aliphatic heterocycles. The second-order valence-corrected chi connectivity index (χ2v) is 4.84. The van der Waals surface area contributed by atoms with Gasteiger partial charge in [0, 0.05) is 23.9 Å². The van der Waals surface area contributed by atoms with Crippen LogP contribution in [0.25, 0.3) is 0 Å². The molecule has 0 aliphatic carbocycles. The summed E-state index contributed by atoms with van der Waals surface area (Å²) in [6, 6.07) is 5.98. The van der Waals surface area contributed by atoms with E-state index in [0.717, 1.165) is 10.6 Å². The van der Waals surface area contributed by atoms with E-state index in [0.29, 0.717) is 5.69 Å². The van der Waals surface area contributed by atoms with Crippen LogP contribution in [0.5, 0.6) is 0 Å². The fourth-order valence-electron chi connectivity index (χ4n) is 1.50. The van der Waals surface area contributed by atoms with Gasteiger partial charge in [0.1, 0.15) is 5.69 Å². The molecule has 0 spiro atoms. The van der Waals surface area contributed by atoms with Gasteiger partial charge in [0.05, 0.1) is 9.93 Å². The number of rotatable bonds is 4. The Hall–Kier alpha value is -2.08. The molecule has 0 saturated heterocycles. The molecular weight excluding hydrogens is 252 g/mol. The standard InChI is InChI=1S/C12H10N2O3S/c1-8-13-11(7-18-8)12(15)6-9-2-4-10(5-3-9)14(16)17/h2-5,7H,6H2,1H3. The van der Waals surface area contributed by atoms with Crippen LogP contribution in [0.3, 0.4) is 0 Å². The van der Waals surface area contributed by atoms with Crippen molar-refractivity contribution >= 4 is 22.8 Å². The zero-order valence-corrected chi connectivity index (χ0v) is 10.4. The van der Waals surface area contributed by atoms with Crippen LogP contribution < -0.4 is 0 Å². The number of carbonyl (C=O) groups is 1. The molecule has 0 atom stereocenters. The van der Waals surface area contributed by atoms with Gasteiger partial charge in [0.25, 0.3) is 5.69 Å². The second kappa shape index (κ2) is 5.05. The van der Waals surface area contributed by atoms with E-state index in [1.54, 1.807) is 17.5 Å². The Morgan fingerprint density at radius 3 is 2.56 bits per heavy atom. The first-order valence-corrected chi connectivity index (χ1v) is 6.13. The molecule has 1 aromatic carbocycles. The predicted molar refractivity (Wildman–Crippen MR) is 68.0 cm³/mol. The first kappa shape index (κ1) is 12.4. The maximum absolute atomic E-state index is 11.9. The molecule has 0 N–H and O–H groups in total. The number of benzene rings is 1. The Bertz CT molecular complexity index is 590. The molecule has 0 bridgehead atoms. The van der Waals surface area contributed by atoms with Gasteiger partial charge < -0.3 is 0 Å². The highest BCUT2D eigenvalue weighted by Gasteiger charge is 2.11. The average Bonchev–Trinajstić information content (AvgIpc) is 2.76. The van der Waals surface area contributed by atoms with E-state index in [2.05, 4.69) is 4.98 Å². The third-order valence-electron chi connectivity index (χ3n) is 2.42. The van der Waals surface area contributed by atoms with Gasteiger partial charge in [-0.2, -0.15) is 0 Å². The van der Waals surface area contributed by atoms with Gasteiger partial charge in [-0.3, -0.25) is 14.9 Å². The largest absolute Gasteiger partial charge is 0.292 e. The molecular formula is C12H10N2O3S. The molecule has 0 amide bonds. The summed E-state index contributed by atoms with van der Waals surface area (Å²) in [5.41, 5.74) is 1.22. The first-order chi connectivity index (χ1) is 8.56. The van der Waals surface area contributed by atoms with Gasteiger partial charge in [-0.05, 0) is 12.5 Å². The Kier molecular flexibility index (Phi) is 3.47. The third kappa shape index (κ3) is 2.78. The zero-order chi connectivity index (χ0) is 13.1. The maximum atomic E-state index is 11.9. The smallest absolute Gasteiger partial charge is 0.269 e. The number of ketones is 1. The lowest BCUT2D eigenvalue weighted by atomic mass is 10.1. The molecule has 0 unspecified atom stereocenters. The number of nitrogens with zero attached hydrogens (tertiary/aromatic N) is 2. The van der Waals surface area contributed by atoms with E-state index >= 15 is 0 Å². The third-order valence-corrected chi connectivity index (χ3v) is 3.19. The molecule has 18 heavy (non-hydrogen) atoms. The minimum atomic E-state index is -0.463. The number of aromatic nitrogens is 1. The highest BCUT2D eigenvalue weighted by atomic mass is 32.1. The number of hydrogen-bond acceptors (Lipinski definition) is 5. The highest BCUT2D eigenvalue weighted by Crippen LogP contribution is 2.15. The van der Waals surface area contributed by atoms with E-state index < -0.39 is 4.92 Å². The summed E-state index contributed by atoms with van der Waals surface area (Å²) in [4.78, 5) is 26.0. The molecule has 5 nitrogen and oxygen atoms in total. The van der Waals surface area contributed by atoms with Gasteiger partial charge in [-0.15, -0.1) is 11.3 Å². The Balaban J connectivity index is 2.10. The normalized spacial score (nSPS) is 10.3. The lowest BCUT2D eigenvalue weighted by Gasteiger charge is -1.98. The monoisotopic (exact) mass is 262 g/mol. The molecule has 0 fully saturated rings. The van der Waals surface area contributed by atoms with Crippen LogP contribution in [0.15, 0.2) is 29.6 Å². The molecule has 0 saturated carbocycles. The number of carbonyl (C=O) groups excluding carboxylic acids is 1. The van der Waals surface area contributed by atoms with E-state index in [1.165, 1.54) is 23.5 Å². The summed E-state index contributed by atoms with van der Waals surface area (Å²) in [5.74, 6) is -0.0757. The Morgan fingerprint density at radius 1 is 1.39 bits per heavy atom. The number of nitro groups is 1. The fraction of sp³-hybridized carbons (Fsp3) is 0.167. The Morgan fingerprint density at radius 2 is 2.06 bits per heavy atom. The maximum Gasteiger partial charge on any atom is 0.269 e. The van der Waals surface area contributed by atoms with Crippen molar-refractivity contribution in [3.8, 4) is 0 Å². The van der Waals surface area contributed by atoms with Crippen molar-refractivity contribution in [2.45, 2.75) is 13.3 Å². The van der Waals surface area contributed by atoms with Crippen LogP contribution in [-0.2, 0) is 6.42 Å². The molecule has 92 valence electrons. The highest BCUT2D eigenvalue weighted by molar-refractivity contribution is 7.09. The zero-order valence-electron chi connectivity index (χ0n) is 9.62. The van der Waals surface area contributed by atoms with Crippen molar-refractivity contribution < 1.29 is 9.72 Å². The van der Waals surface area contributed by atoms with Gasteiger partial charge in [-0.25, -0.2) is 4.98 Å². The lowest BCUT2D eigenvalue weighted by molar-refractivity contribution is -0.384. The van der Waals surface area contributed by atoms with Crippen molar-refractivity contribution in [2.75, 3.05) is 0 Å². The SMILES string of the molecule is Cc1nc(C(=O)Cc2ccc([N+](=O)[O-])cc2)cs1. The average molecular weight is 262 g/mol. The first-order valence-electron chi connectivity index (χ1n) is 5.25. The molecule has 1 aromatic heterocycles. The molecule has 2 rings (SSSR count). The number of aryl methyl sites for hydroxylation is 1. The van der Waals surface area contributed by atoms with Crippen LogP contribution in [-0.4, -0.2) is 15.7 Å². The number of thiazole rings is 1. The van der Waals surface area contributed by atoms with Crippen molar-refractivity contribution in [2.24, 2.45) is 0 Å². The molecule has 1 heterocycles. The van der Waals surface area contributed by atoms with E-state index in [9.17, 15) is 14.9 Å². The minimum Gasteiger partial charge on any atom is -0.292 e. The number of non-ortho nitro benzene ring substituents is 1. The summed E-state index contributed by atoms with van der Waals surface area (Å²) in [5, 5.41) is 13.1. The van der Waals surface area contributed by atoms with Gasteiger partial charge in [0.2, 0.25) is 0 Å². The molecule has 0 radical (unpaired) electrons. The van der Waals surface area contributed by atoms with E-state index in [4.69, 9.17) is 0 Å². The Labute approximate surface area is 107 Å². The van der Waals surface area contributed by atoms with Crippen LogP contribution in [0.2, 0.25) is 0 Å². The van der Waals surface area contributed by atoms with Crippen LogP contribution in [0, 0.1) is 17.0 Å². The van der Waals surface area contributed by atoms with E-state index in [1.807, 2.05) is 6.92 Å². The van der Waals surface area contributed by atoms with Crippen LogP contribution in [0.1, 0.15) is 21.1 Å². The van der Waals surface area contributed by atoms with E-state index in [-0.39, 0.29) is 17.9 Å². The number of nitro benzene ring substituents is 1. The predicted octanol–water partition coefficient (Wildman–Crippen LogP) is 2.79. The van der Waals surface area contributed by atoms with Crippen molar-refractivity contribution in [1.82, 2.24) is 4.98 Å². The van der Waals surface area contributed by atoms with Gasteiger partial charge in [-0.1, -0.05) is 12.1 Å². The number of hydrogen-bond donors (Lipinski definition) is 0. The van der Waals surface area contributed by atoms with Gasteiger partial charge in [0.15, 0.2) is 5.78 Å². The van der Waals surface area contributed by atoms with Gasteiger partial charge >= 0.3 is 0 Å². The fourth-order valence-corrected chi connectivity index (χ4v) is 2.12. The summed E-state index contributed by atoms with van der Waals surface area (Å²) in [7, 11) is 0. The summed E-state index contributed by atoms with van der Waals surface area (Å²) >= 11 is 1.43. The summed E-state index contributed by atoms with van der Waals surface area (Å²) in [6.45, 7) is 1.84. The molecule has 0 aliphatic rings. The quantitative estimate of drug-likeness (QED) is 0.482.